The Morgan fingerprint density at radius 2 is 2.29 bits per heavy atom. The molecule has 17 heavy (non-hydrogen) atoms. The van der Waals surface area contributed by atoms with Gasteiger partial charge in [-0.05, 0) is 37.6 Å². The van der Waals surface area contributed by atoms with Gasteiger partial charge in [0, 0.05) is 5.56 Å². The number of hydrogen-bond acceptors (Lipinski definition) is 3. The van der Waals surface area contributed by atoms with E-state index in [1.807, 2.05) is 32.0 Å². The number of aromatic nitrogens is 2. The van der Waals surface area contributed by atoms with Gasteiger partial charge < -0.3 is 9.72 Å². The zero-order chi connectivity index (χ0) is 12.3. The van der Waals surface area contributed by atoms with Crippen molar-refractivity contribution in [2.45, 2.75) is 13.8 Å². The molecule has 4 heteroatoms. The van der Waals surface area contributed by atoms with Gasteiger partial charge in [0.25, 0.3) is 0 Å². The van der Waals surface area contributed by atoms with Crippen molar-refractivity contribution >= 4 is 0 Å². The van der Waals surface area contributed by atoms with Crippen LogP contribution in [0.2, 0.25) is 0 Å². The predicted octanol–water partition coefficient (Wildman–Crippen LogP) is 2.66. The van der Waals surface area contributed by atoms with E-state index in [-0.39, 0.29) is 0 Å². The van der Waals surface area contributed by atoms with Crippen molar-refractivity contribution < 1.29 is 4.74 Å². The SMILES string of the molecule is CCOc1ccc(-c2[nH]cnc2C#N)cc1C. The molecule has 2 rings (SSSR count). The molecule has 2 aromatic rings. The number of H-pyrrole nitrogens is 1. The van der Waals surface area contributed by atoms with Crippen molar-refractivity contribution in [3.63, 3.8) is 0 Å². The molecule has 4 nitrogen and oxygen atoms in total. The summed E-state index contributed by atoms with van der Waals surface area (Å²) in [5.74, 6) is 0.870. The largest absolute Gasteiger partial charge is 0.494 e. The van der Waals surface area contributed by atoms with Crippen LogP contribution in [0, 0.1) is 18.3 Å². The summed E-state index contributed by atoms with van der Waals surface area (Å²) in [5, 5.41) is 8.92. The number of nitrogens with one attached hydrogen (secondary N) is 1. The fraction of sp³-hybridized carbons (Fsp3) is 0.231. The highest BCUT2D eigenvalue weighted by molar-refractivity contribution is 5.66. The average molecular weight is 227 g/mol. The quantitative estimate of drug-likeness (QED) is 0.876. The van der Waals surface area contributed by atoms with Crippen LogP contribution in [-0.2, 0) is 0 Å². The molecular weight excluding hydrogens is 214 g/mol. The summed E-state index contributed by atoms with van der Waals surface area (Å²) in [6.45, 7) is 4.58. The fourth-order valence-corrected chi connectivity index (χ4v) is 1.72. The van der Waals surface area contributed by atoms with E-state index in [1.165, 1.54) is 6.33 Å². The first-order chi connectivity index (χ1) is 8.26. The van der Waals surface area contributed by atoms with Crippen LogP contribution in [0.1, 0.15) is 18.2 Å². The Kier molecular flexibility index (Phi) is 3.10. The monoisotopic (exact) mass is 227 g/mol. The second kappa shape index (κ2) is 4.71. The van der Waals surface area contributed by atoms with Crippen molar-refractivity contribution in [2.75, 3.05) is 6.61 Å². The van der Waals surface area contributed by atoms with Gasteiger partial charge in [-0.25, -0.2) is 4.98 Å². The molecule has 0 atom stereocenters. The molecular formula is C13H13N3O. The minimum Gasteiger partial charge on any atom is -0.494 e. The van der Waals surface area contributed by atoms with Gasteiger partial charge in [-0.3, -0.25) is 0 Å². The minimum absolute atomic E-state index is 0.411. The zero-order valence-corrected chi connectivity index (χ0v) is 9.82. The summed E-state index contributed by atoms with van der Waals surface area (Å²) >= 11 is 0. The summed E-state index contributed by atoms with van der Waals surface area (Å²) in [7, 11) is 0. The molecule has 0 amide bonds. The van der Waals surface area contributed by atoms with Crippen molar-refractivity contribution in [2.24, 2.45) is 0 Å². The van der Waals surface area contributed by atoms with E-state index in [9.17, 15) is 0 Å². The average Bonchev–Trinajstić information content (AvgIpc) is 2.80. The zero-order valence-electron chi connectivity index (χ0n) is 9.82. The van der Waals surface area contributed by atoms with Crippen molar-refractivity contribution in [3.8, 4) is 23.1 Å². The van der Waals surface area contributed by atoms with Gasteiger partial charge in [-0.1, -0.05) is 0 Å². The Morgan fingerprint density at radius 3 is 2.94 bits per heavy atom. The Balaban J connectivity index is 2.42. The van der Waals surface area contributed by atoms with Crippen LogP contribution in [-0.4, -0.2) is 16.6 Å². The first kappa shape index (κ1) is 11.2. The molecule has 1 aromatic carbocycles. The van der Waals surface area contributed by atoms with Gasteiger partial charge in [0.05, 0.1) is 18.6 Å². The highest BCUT2D eigenvalue weighted by atomic mass is 16.5. The molecule has 0 aliphatic carbocycles. The van der Waals surface area contributed by atoms with Gasteiger partial charge in [0.15, 0.2) is 5.69 Å². The number of hydrogen-bond donors (Lipinski definition) is 1. The molecule has 1 aromatic heterocycles. The topological polar surface area (TPSA) is 61.7 Å². The van der Waals surface area contributed by atoms with Crippen LogP contribution in [0.3, 0.4) is 0 Å². The summed E-state index contributed by atoms with van der Waals surface area (Å²) in [5.41, 5.74) is 3.15. The summed E-state index contributed by atoms with van der Waals surface area (Å²) in [4.78, 5) is 6.93. The van der Waals surface area contributed by atoms with Gasteiger partial charge in [-0.15, -0.1) is 0 Å². The number of imidazole rings is 1. The Morgan fingerprint density at radius 1 is 1.47 bits per heavy atom. The highest BCUT2D eigenvalue weighted by Crippen LogP contribution is 2.26. The molecule has 0 saturated heterocycles. The molecule has 0 radical (unpaired) electrons. The van der Waals surface area contributed by atoms with E-state index in [0.717, 1.165) is 22.6 Å². The van der Waals surface area contributed by atoms with Crippen LogP contribution >= 0.6 is 0 Å². The molecule has 0 aliphatic rings. The summed E-state index contributed by atoms with van der Waals surface area (Å²) in [6.07, 6.45) is 1.53. The molecule has 1 N–H and O–H groups in total. The lowest BCUT2D eigenvalue weighted by atomic mass is 10.1. The standard InChI is InChI=1S/C13H13N3O/c1-3-17-12-5-4-10(6-9(12)2)13-11(7-14)15-8-16-13/h4-6,8H,3H2,1-2H3,(H,15,16). The molecule has 0 unspecified atom stereocenters. The van der Waals surface area contributed by atoms with Gasteiger partial charge in [0.2, 0.25) is 0 Å². The summed E-state index contributed by atoms with van der Waals surface area (Å²) < 4.78 is 5.47. The van der Waals surface area contributed by atoms with Crippen molar-refractivity contribution in [1.29, 1.82) is 5.26 Å². The second-order valence-electron chi connectivity index (χ2n) is 3.65. The molecule has 0 aliphatic heterocycles. The second-order valence-corrected chi connectivity index (χ2v) is 3.65. The van der Waals surface area contributed by atoms with Crippen molar-refractivity contribution in [1.82, 2.24) is 9.97 Å². The number of nitrogens with zero attached hydrogens (tertiary/aromatic N) is 2. The molecule has 1 heterocycles. The number of rotatable bonds is 3. The lowest BCUT2D eigenvalue weighted by Crippen LogP contribution is -1.94. The fourth-order valence-electron chi connectivity index (χ4n) is 1.72. The predicted molar refractivity (Wildman–Crippen MR) is 64.6 cm³/mol. The number of aryl methyl sites for hydroxylation is 1. The van der Waals surface area contributed by atoms with Crippen molar-refractivity contribution in [3.05, 3.63) is 35.8 Å². The lowest BCUT2D eigenvalue weighted by molar-refractivity contribution is 0.338. The number of aromatic amines is 1. The van der Waals surface area contributed by atoms with Gasteiger partial charge in [-0.2, -0.15) is 5.26 Å². The Labute approximate surface area is 99.9 Å². The van der Waals surface area contributed by atoms with E-state index < -0.39 is 0 Å². The van der Waals surface area contributed by atoms with Gasteiger partial charge in [0.1, 0.15) is 11.8 Å². The Bertz CT molecular complexity index is 566. The molecule has 0 spiro atoms. The van der Waals surface area contributed by atoms with Crippen LogP contribution in [0.5, 0.6) is 5.75 Å². The third-order valence-electron chi connectivity index (χ3n) is 2.51. The van der Waals surface area contributed by atoms with Crippen LogP contribution in [0.4, 0.5) is 0 Å². The molecule has 86 valence electrons. The van der Waals surface area contributed by atoms with Crippen LogP contribution in [0.15, 0.2) is 24.5 Å². The first-order valence-electron chi connectivity index (χ1n) is 5.43. The molecule has 0 saturated carbocycles. The number of ether oxygens (including phenoxy) is 1. The smallest absolute Gasteiger partial charge is 0.166 e. The van der Waals surface area contributed by atoms with E-state index in [1.54, 1.807) is 0 Å². The maximum absolute atomic E-state index is 8.92. The van der Waals surface area contributed by atoms with E-state index >= 15 is 0 Å². The van der Waals surface area contributed by atoms with E-state index in [2.05, 4.69) is 16.0 Å². The number of benzene rings is 1. The van der Waals surface area contributed by atoms with E-state index in [4.69, 9.17) is 10.00 Å². The van der Waals surface area contributed by atoms with E-state index in [0.29, 0.717) is 12.3 Å². The van der Waals surface area contributed by atoms with Crippen LogP contribution in [0.25, 0.3) is 11.3 Å². The minimum atomic E-state index is 0.411. The molecule has 0 bridgehead atoms. The maximum atomic E-state index is 8.92. The Hall–Kier alpha value is -2.28. The normalized spacial score (nSPS) is 9.94. The summed E-state index contributed by atoms with van der Waals surface area (Å²) in [6, 6.07) is 7.88. The molecule has 0 fully saturated rings. The maximum Gasteiger partial charge on any atom is 0.166 e. The third-order valence-corrected chi connectivity index (χ3v) is 2.51. The lowest BCUT2D eigenvalue weighted by Gasteiger charge is -2.08. The van der Waals surface area contributed by atoms with Crippen LogP contribution < -0.4 is 4.74 Å². The first-order valence-corrected chi connectivity index (χ1v) is 5.43. The third kappa shape index (κ3) is 2.13. The highest BCUT2D eigenvalue weighted by Gasteiger charge is 2.09. The number of nitriles is 1. The van der Waals surface area contributed by atoms with Gasteiger partial charge >= 0.3 is 0 Å².